The molecule has 0 spiro atoms. The fraction of sp³-hybridized carbons (Fsp3) is 0.286. The minimum absolute atomic E-state index is 0. The maximum absolute atomic E-state index is 13.1. The summed E-state index contributed by atoms with van der Waals surface area (Å²) < 4.78 is 27.1. The Labute approximate surface area is 153 Å². The van der Waals surface area contributed by atoms with Gasteiger partial charge in [-0.15, -0.1) is 24.8 Å². The summed E-state index contributed by atoms with van der Waals surface area (Å²) in [6.45, 7) is 0.143. The number of alkyl halides is 2. The Hall–Kier alpha value is -1.02. The average molecular weight is 431 g/mol. The molecule has 0 aliphatic carbocycles. The van der Waals surface area contributed by atoms with Crippen LogP contribution in [0.5, 0.6) is 0 Å². The predicted octanol–water partition coefficient (Wildman–Crippen LogP) is 3.47. The molecule has 4 nitrogen and oxygen atoms in total. The summed E-state index contributed by atoms with van der Waals surface area (Å²) in [5.41, 5.74) is 6.52. The molecule has 1 heterocycles. The zero-order chi connectivity index (χ0) is 15.6. The molecule has 0 saturated heterocycles. The third kappa shape index (κ3) is 5.53. The van der Waals surface area contributed by atoms with Gasteiger partial charge in [0.05, 0.1) is 24.2 Å². The van der Waals surface area contributed by atoms with Crippen LogP contribution in [0.1, 0.15) is 16.1 Å². The monoisotopic (exact) mass is 429 g/mol. The number of carbonyl (C=O) groups is 1. The number of halogens is 5. The first-order valence-electron chi connectivity index (χ1n) is 6.25. The Morgan fingerprint density at radius 1 is 1.35 bits per heavy atom. The second-order valence-electron chi connectivity index (χ2n) is 4.72. The van der Waals surface area contributed by atoms with Crippen molar-refractivity contribution in [1.29, 1.82) is 0 Å². The summed E-state index contributed by atoms with van der Waals surface area (Å²) in [4.78, 5) is 16.5. The Bertz CT molecular complexity index is 696. The van der Waals surface area contributed by atoms with Gasteiger partial charge in [0, 0.05) is 15.6 Å². The van der Waals surface area contributed by atoms with Gasteiger partial charge in [-0.05, 0) is 25.1 Å². The molecule has 23 heavy (non-hydrogen) atoms. The van der Waals surface area contributed by atoms with Gasteiger partial charge < -0.3 is 11.1 Å². The fourth-order valence-electron chi connectivity index (χ4n) is 1.90. The maximum atomic E-state index is 13.1. The van der Waals surface area contributed by atoms with E-state index in [0.717, 1.165) is 4.47 Å². The number of nitrogens with two attached hydrogens (primary N) is 1. The van der Waals surface area contributed by atoms with Gasteiger partial charge in [0.1, 0.15) is 0 Å². The fourth-order valence-corrected chi connectivity index (χ4v) is 2.25. The SMILES string of the molecule is Cc1cc(C(=O)NCC(F)(F)CN)c2ccc(Br)cc2n1.Cl.Cl. The van der Waals surface area contributed by atoms with Crippen LogP contribution in [-0.2, 0) is 0 Å². The Balaban J connectivity index is 0.00000242. The summed E-state index contributed by atoms with van der Waals surface area (Å²) >= 11 is 3.33. The van der Waals surface area contributed by atoms with Crippen molar-refractivity contribution < 1.29 is 13.6 Å². The molecule has 0 aliphatic heterocycles. The number of amides is 1. The molecule has 0 atom stereocenters. The van der Waals surface area contributed by atoms with Crippen LogP contribution >= 0.6 is 40.7 Å². The highest BCUT2D eigenvalue weighted by atomic mass is 79.9. The number of hydrogen-bond acceptors (Lipinski definition) is 3. The molecule has 0 unspecified atom stereocenters. The molecule has 0 aliphatic rings. The van der Waals surface area contributed by atoms with E-state index in [1.807, 2.05) is 0 Å². The van der Waals surface area contributed by atoms with Gasteiger partial charge in [-0.25, -0.2) is 8.78 Å². The lowest BCUT2D eigenvalue weighted by Gasteiger charge is -2.15. The van der Waals surface area contributed by atoms with Crippen LogP contribution in [0.25, 0.3) is 10.9 Å². The standard InChI is InChI=1S/C14H14BrF2N3O.2ClH/c1-8-4-11(13(21)19-7-14(16,17)6-18)10-3-2-9(15)5-12(10)20-8;;/h2-5H,6-7,18H2,1H3,(H,19,21);2*1H. The summed E-state index contributed by atoms with van der Waals surface area (Å²) in [5, 5.41) is 2.82. The van der Waals surface area contributed by atoms with Crippen molar-refractivity contribution in [2.45, 2.75) is 12.8 Å². The zero-order valence-corrected chi connectivity index (χ0v) is 15.3. The molecule has 1 amide bonds. The van der Waals surface area contributed by atoms with E-state index in [2.05, 4.69) is 26.2 Å². The van der Waals surface area contributed by atoms with Crippen molar-refractivity contribution in [2.75, 3.05) is 13.1 Å². The Morgan fingerprint density at radius 2 is 2.00 bits per heavy atom. The largest absolute Gasteiger partial charge is 0.346 e. The highest BCUT2D eigenvalue weighted by Crippen LogP contribution is 2.22. The molecular formula is C14H16BrCl2F2N3O. The number of pyridine rings is 1. The molecule has 0 saturated carbocycles. The number of nitrogens with one attached hydrogen (secondary N) is 1. The smallest absolute Gasteiger partial charge is 0.277 e. The number of carbonyl (C=O) groups excluding carboxylic acids is 1. The van der Waals surface area contributed by atoms with E-state index < -0.39 is 24.9 Å². The molecule has 0 bridgehead atoms. The van der Waals surface area contributed by atoms with Crippen molar-refractivity contribution in [1.82, 2.24) is 10.3 Å². The second-order valence-corrected chi connectivity index (χ2v) is 5.63. The normalized spacial score (nSPS) is 10.7. The minimum atomic E-state index is -3.11. The molecule has 9 heteroatoms. The first kappa shape index (κ1) is 22.0. The third-order valence-corrected chi connectivity index (χ3v) is 3.44. The first-order chi connectivity index (χ1) is 9.82. The lowest BCUT2D eigenvalue weighted by Crippen LogP contribution is -2.41. The molecule has 3 N–H and O–H groups in total. The van der Waals surface area contributed by atoms with Crippen LogP contribution in [-0.4, -0.2) is 29.9 Å². The molecule has 1 aromatic carbocycles. The molecule has 0 radical (unpaired) electrons. The molecular weight excluding hydrogens is 415 g/mol. The second kappa shape index (κ2) is 8.73. The van der Waals surface area contributed by atoms with Crippen LogP contribution in [0.3, 0.4) is 0 Å². The van der Waals surface area contributed by atoms with Gasteiger partial charge in [0.25, 0.3) is 11.8 Å². The van der Waals surface area contributed by atoms with Crippen LogP contribution in [0, 0.1) is 6.92 Å². The van der Waals surface area contributed by atoms with E-state index in [-0.39, 0.29) is 24.8 Å². The van der Waals surface area contributed by atoms with Crippen LogP contribution in [0.2, 0.25) is 0 Å². The minimum Gasteiger partial charge on any atom is -0.346 e. The number of benzene rings is 1. The molecule has 128 valence electrons. The van der Waals surface area contributed by atoms with Gasteiger partial charge in [-0.2, -0.15) is 0 Å². The molecule has 2 aromatic rings. The predicted molar refractivity (Wildman–Crippen MR) is 95.0 cm³/mol. The van der Waals surface area contributed by atoms with Gasteiger partial charge in [-0.3, -0.25) is 9.78 Å². The summed E-state index contributed by atoms with van der Waals surface area (Å²) in [6.07, 6.45) is 0. The molecule has 0 fully saturated rings. The summed E-state index contributed by atoms with van der Waals surface area (Å²) in [6, 6.07) is 6.84. The van der Waals surface area contributed by atoms with E-state index in [1.165, 1.54) is 0 Å². The van der Waals surface area contributed by atoms with Crippen LogP contribution in [0.4, 0.5) is 8.78 Å². The number of hydrogen-bond donors (Lipinski definition) is 2. The van der Waals surface area contributed by atoms with Gasteiger partial charge >= 0.3 is 0 Å². The van der Waals surface area contributed by atoms with Gasteiger partial charge in [0.15, 0.2) is 0 Å². The van der Waals surface area contributed by atoms with E-state index in [9.17, 15) is 13.6 Å². The van der Waals surface area contributed by atoms with E-state index in [1.54, 1.807) is 31.2 Å². The topological polar surface area (TPSA) is 68.0 Å². The highest BCUT2D eigenvalue weighted by molar-refractivity contribution is 9.10. The number of fused-ring (bicyclic) bond motifs is 1. The number of nitrogens with zero attached hydrogens (tertiary/aromatic N) is 1. The van der Waals surface area contributed by atoms with Crippen LogP contribution in [0.15, 0.2) is 28.7 Å². The van der Waals surface area contributed by atoms with E-state index in [0.29, 0.717) is 22.2 Å². The number of rotatable bonds is 4. The molecule has 1 aromatic heterocycles. The molecule has 2 rings (SSSR count). The highest BCUT2D eigenvalue weighted by Gasteiger charge is 2.27. The number of aromatic nitrogens is 1. The average Bonchev–Trinajstić information content (AvgIpc) is 2.43. The maximum Gasteiger partial charge on any atom is 0.277 e. The zero-order valence-electron chi connectivity index (χ0n) is 12.1. The Morgan fingerprint density at radius 3 is 2.61 bits per heavy atom. The van der Waals surface area contributed by atoms with Crippen LogP contribution < -0.4 is 11.1 Å². The van der Waals surface area contributed by atoms with E-state index >= 15 is 0 Å². The number of aryl methyl sites for hydroxylation is 1. The van der Waals surface area contributed by atoms with Gasteiger partial charge in [0.2, 0.25) is 0 Å². The quantitative estimate of drug-likeness (QED) is 0.780. The lowest BCUT2D eigenvalue weighted by atomic mass is 10.1. The lowest BCUT2D eigenvalue weighted by molar-refractivity contribution is 0.0119. The summed E-state index contributed by atoms with van der Waals surface area (Å²) in [5.74, 6) is -3.68. The van der Waals surface area contributed by atoms with Gasteiger partial charge in [-0.1, -0.05) is 22.0 Å². The first-order valence-corrected chi connectivity index (χ1v) is 7.05. The van der Waals surface area contributed by atoms with E-state index in [4.69, 9.17) is 5.73 Å². The summed E-state index contributed by atoms with van der Waals surface area (Å²) in [7, 11) is 0. The van der Waals surface area contributed by atoms with Crippen molar-refractivity contribution in [2.24, 2.45) is 5.73 Å². The Kier molecular flexibility index (Phi) is 8.34. The van der Waals surface area contributed by atoms with Crippen molar-refractivity contribution in [3.63, 3.8) is 0 Å². The van der Waals surface area contributed by atoms with Crippen molar-refractivity contribution >= 4 is 57.6 Å². The van der Waals surface area contributed by atoms with Crippen molar-refractivity contribution in [3.05, 3.63) is 40.0 Å². The van der Waals surface area contributed by atoms with Crippen molar-refractivity contribution in [3.8, 4) is 0 Å². The third-order valence-electron chi connectivity index (χ3n) is 2.95.